The number of aromatic nitrogens is 4. The van der Waals surface area contributed by atoms with Crippen molar-refractivity contribution < 1.29 is 31.9 Å². The molecule has 1 unspecified atom stereocenters. The predicted molar refractivity (Wildman–Crippen MR) is 138 cm³/mol. The third-order valence-electron chi connectivity index (χ3n) is 8.38. The number of hydrogen-bond donors (Lipinski definition) is 2. The Kier molecular flexibility index (Phi) is 5.75. The molecule has 2 aliphatic carbocycles. The molecule has 3 aromatic rings. The average molecular weight is 576 g/mol. The first-order valence-corrected chi connectivity index (χ1v) is 13.1. The largest absolute Gasteiger partial charge is 0.444 e. The second-order valence-electron chi connectivity index (χ2n) is 12.2. The Labute approximate surface area is 232 Å². The van der Waals surface area contributed by atoms with Crippen LogP contribution < -0.4 is 11.5 Å². The standard InChI is InChI=1S/C27H29F4N7O3/c1-25(2,3)41-24(40)36-11-16-20-18(7-26(16,20)12-36)38-22(32)19(23(33)39)21(35-38)14-8-34-37(10-14)9-13-4-5-17(28)15(6-13)27(29,30)31/h4-6,8,10,16,18,20H,7,9,11-12,32H2,1-3H3,(H2,33,39)/t16?,18-,20-,26+/m1/s1. The van der Waals surface area contributed by atoms with Crippen molar-refractivity contribution in [1.82, 2.24) is 24.5 Å². The molecular formula is C27H29F4N7O3. The maximum absolute atomic E-state index is 13.7. The zero-order valence-corrected chi connectivity index (χ0v) is 22.6. The van der Waals surface area contributed by atoms with Crippen molar-refractivity contribution in [2.45, 2.75) is 51.6 Å². The van der Waals surface area contributed by atoms with Gasteiger partial charge in [0.25, 0.3) is 5.91 Å². The number of alkyl halides is 3. The van der Waals surface area contributed by atoms with E-state index in [1.165, 1.54) is 23.1 Å². The highest BCUT2D eigenvalue weighted by Crippen LogP contribution is 2.79. The number of likely N-dealkylation sites (tertiary alicyclic amines) is 1. The maximum Gasteiger partial charge on any atom is 0.419 e. The zero-order chi connectivity index (χ0) is 29.6. The fourth-order valence-corrected chi connectivity index (χ4v) is 6.64. The third kappa shape index (κ3) is 4.39. The zero-order valence-electron chi connectivity index (χ0n) is 22.6. The molecule has 41 heavy (non-hydrogen) atoms. The summed E-state index contributed by atoms with van der Waals surface area (Å²) in [6, 6.07) is 2.68. The number of amides is 2. The van der Waals surface area contributed by atoms with E-state index in [4.69, 9.17) is 16.2 Å². The van der Waals surface area contributed by atoms with Gasteiger partial charge in [0.2, 0.25) is 0 Å². The van der Waals surface area contributed by atoms with Crippen LogP contribution in [0.5, 0.6) is 0 Å². The number of nitrogens with two attached hydrogens (primary N) is 2. The van der Waals surface area contributed by atoms with Crippen molar-refractivity contribution in [3.8, 4) is 11.3 Å². The number of nitrogens with zero attached hydrogens (tertiary/aromatic N) is 5. The number of anilines is 1. The van der Waals surface area contributed by atoms with Gasteiger partial charge in [-0.05, 0) is 56.7 Å². The van der Waals surface area contributed by atoms with E-state index in [0.29, 0.717) is 18.7 Å². The molecule has 1 spiro atoms. The summed E-state index contributed by atoms with van der Waals surface area (Å²) in [5.41, 5.74) is 10.9. The second kappa shape index (κ2) is 8.70. The van der Waals surface area contributed by atoms with Gasteiger partial charge in [-0.3, -0.25) is 9.48 Å². The molecule has 6 rings (SSSR count). The van der Waals surface area contributed by atoms with Crippen molar-refractivity contribution in [3.63, 3.8) is 0 Å². The number of rotatable bonds is 5. The van der Waals surface area contributed by atoms with Crippen LogP contribution in [0.2, 0.25) is 0 Å². The van der Waals surface area contributed by atoms with E-state index in [1.807, 2.05) is 20.8 Å². The first kappa shape index (κ1) is 27.1. The van der Waals surface area contributed by atoms with E-state index >= 15 is 0 Å². The van der Waals surface area contributed by atoms with Crippen LogP contribution in [0, 0.1) is 23.1 Å². The first-order valence-electron chi connectivity index (χ1n) is 13.1. The summed E-state index contributed by atoms with van der Waals surface area (Å²) < 4.78 is 61.5. The number of nitrogen functional groups attached to an aromatic ring is 1. The number of halogens is 4. The summed E-state index contributed by atoms with van der Waals surface area (Å²) in [6.07, 6.45) is -1.49. The molecule has 14 heteroatoms. The fourth-order valence-electron chi connectivity index (χ4n) is 6.64. The predicted octanol–water partition coefficient (Wildman–Crippen LogP) is 4.06. The number of ether oxygens (including phenoxy) is 1. The summed E-state index contributed by atoms with van der Waals surface area (Å²) in [5.74, 6) is -1.47. The lowest BCUT2D eigenvalue weighted by Crippen LogP contribution is -2.42. The quantitative estimate of drug-likeness (QED) is 0.441. The van der Waals surface area contributed by atoms with E-state index in [-0.39, 0.29) is 58.6 Å². The van der Waals surface area contributed by atoms with Crippen molar-refractivity contribution in [3.05, 3.63) is 53.1 Å². The topological polar surface area (TPSA) is 134 Å². The first-order chi connectivity index (χ1) is 19.1. The number of hydrogen-bond acceptors (Lipinski definition) is 6. The molecule has 10 nitrogen and oxygen atoms in total. The van der Waals surface area contributed by atoms with Crippen molar-refractivity contribution in [2.24, 2.45) is 23.0 Å². The maximum atomic E-state index is 13.7. The molecule has 0 radical (unpaired) electrons. The highest BCUT2D eigenvalue weighted by Gasteiger charge is 2.79. The van der Waals surface area contributed by atoms with Gasteiger partial charge in [-0.2, -0.15) is 23.4 Å². The number of carbonyl (C=O) groups is 2. The molecule has 2 aromatic heterocycles. The lowest BCUT2D eigenvalue weighted by Gasteiger charge is -2.37. The lowest BCUT2D eigenvalue weighted by atomic mass is 9.80. The number of piperidine rings is 1. The molecule has 218 valence electrons. The van der Waals surface area contributed by atoms with Gasteiger partial charge in [0, 0.05) is 30.3 Å². The van der Waals surface area contributed by atoms with E-state index in [2.05, 4.69) is 10.2 Å². The molecule has 2 saturated carbocycles. The molecule has 0 bridgehead atoms. The van der Waals surface area contributed by atoms with Crippen molar-refractivity contribution >= 4 is 17.8 Å². The minimum atomic E-state index is -4.83. The van der Waals surface area contributed by atoms with E-state index < -0.39 is 29.1 Å². The van der Waals surface area contributed by atoms with Crippen molar-refractivity contribution in [2.75, 3.05) is 18.8 Å². The summed E-state index contributed by atoms with van der Waals surface area (Å²) in [6.45, 7) is 6.58. The minimum absolute atomic E-state index is 0.0116. The summed E-state index contributed by atoms with van der Waals surface area (Å²) in [5, 5.41) is 8.83. The van der Waals surface area contributed by atoms with Crippen LogP contribution in [0.3, 0.4) is 0 Å². The van der Waals surface area contributed by atoms with E-state index in [9.17, 15) is 27.2 Å². The van der Waals surface area contributed by atoms with Crippen LogP contribution >= 0.6 is 0 Å². The van der Waals surface area contributed by atoms with E-state index in [0.717, 1.165) is 18.6 Å². The van der Waals surface area contributed by atoms with Crippen LogP contribution in [0.25, 0.3) is 11.3 Å². The minimum Gasteiger partial charge on any atom is -0.444 e. The smallest absolute Gasteiger partial charge is 0.419 e. The molecule has 3 heterocycles. The van der Waals surface area contributed by atoms with Gasteiger partial charge in [0.05, 0.1) is 24.3 Å². The molecule has 1 aliphatic heterocycles. The van der Waals surface area contributed by atoms with Gasteiger partial charge in [-0.15, -0.1) is 0 Å². The highest BCUT2D eigenvalue weighted by atomic mass is 19.4. The summed E-state index contributed by atoms with van der Waals surface area (Å²) >= 11 is 0. The van der Waals surface area contributed by atoms with E-state index in [1.54, 1.807) is 9.58 Å². The van der Waals surface area contributed by atoms with Crippen LogP contribution in [0.1, 0.15) is 54.7 Å². The summed E-state index contributed by atoms with van der Waals surface area (Å²) in [7, 11) is 0. The monoisotopic (exact) mass is 575 g/mol. The number of benzene rings is 1. The van der Waals surface area contributed by atoms with Gasteiger partial charge in [0.1, 0.15) is 28.5 Å². The Morgan fingerprint density at radius 2 is 1.95 bits per heavy atom. The number of carbonyl (C=O) groups excluding carboxylic acids is 2. The average Bonchev–Trinajstić information content (AvgIpc) is 3.34. The Hall–Kier alpha value is -4.10. The fraction of sp³-hybridized carbons (Fsp3) is 0.481. The second-order valence-corrected chi connectivity index (χ2v) is 12.2. The Morgan fingerprint density at radius 1 is 1.22 bits per heavy atom. The third-order valence-corrected chi connectivity index (χ3v) is 8.38. The molecule has 1 aromatic carbocycles. The van der Waals surface area contributed by atoms with Crippen molar-refractivity contribution in [1.29, 1.82) is 0 Å². The van der Waals surface area contributed by atoms with Crippen LogP contribution in [-0.4, -0.2) is 55.2 Å². The molecule has 3 fully saturated rings. The SMILES string of the molecule is CC(C)(C)OC(=O)N1CC2[C@@H]3[C@H](n4nc(-c5cnn(Cc6ccc(F)c(C(F)(F)F)c6)c5)c(C(N)=O)c4N)C[C@]23C1. The van der Waals surface area contributed by atoms with Crippen LogP contribution in [-0.2, 0) is 17.5 Å². The van der Waals surface area contributed by atoms with Gasteiger partial charge in [-0.25, -0.2) is 13.9 Å². The lowest BCUT2D eigenvalue weighted by molar-refractivity contribution is -0.140. The molecule has 4 atom stereocenters. The summed E-state index contributed by atoms with van der Waals surface area (Å²) in [4.78, 5) is 26.7. The van der Waals surface area contributed by atoms with Gasteiger partial charge in [0.15, 0.2) is 0 Å². The van der Waals surface area contributed by atoms with Gasteiger partial charge in [-0.1, -0.05) is 6.07 Å². The Balaban J connectivity index is 1.20. The van der Waals surface area contributed by atoms with Crippen LogP contribution in [0.15, 0.2) is 30.6 Å². The Morgan fingerprint density at radius 3 is 2.59 bits per heavy atom. The normalized spacial score (nSPS) is 25.0. The number of primary amides is 1. The van der Waals surface area contributed by atoms with Gasteiger partial charge >= 0.3 is 12.3 Å². The highest BCUT2D eigenvalue weighted by molar-refractivity contribution is 6.03. The molecule has 3 aliphatic rings. The Bertz CT molecular complexity index is 1570. The molecule has 1 saturated heterocycles. The molecule has 4 N–H and O–H groups in total. The van der Waals surface area contributed by atoms with Crippen LogP contribution in [0.4, 0.5) is 28.2 Å². The molecule has 2 amide bonds. The van der Waals surface area contributed by atoms with Gasteiger partial charge < -0.3 is 21.1 Å². The molecular weight excluding hydrogens is 546 g/mol. The number of fused-ring (bicyclic) bond motifs is 1.